The Morgan fingerprint density at radius 3 is 1.61 bits per heavy atom. The van der Waals surface area contributed by atoms with Crippen molar-refractivity contribution in [3.8, 4) is 55.6 Å². The molecule has 0 saturated carbocycles. The number of nitrogens with zero attached hydrogens (tertiary/aromatic N) is 4. The largest absolute Gasteiger partial charge is 0.456 e. The zero-order valence-electron chi connectivity index (χ0n) is 50.4. The average Bonchev–Trinajstić information content (AvgIpc) is 1.60. The molecule has 6 heterocycles. The Morgan fingerprint density at radius 1 is 0.277 bits per heavy atom. The van der Waals surface area contributed by atoms with E-state index in [9.17, 15) is 0 Å². The minimum Gasteiger partial charge on any atom is -0.456 e. The van der Waals surface area contributed by atoms with Gasteiger partial charge >= 0.3 is 0 Å². The number of anilines is 6. The Kier molecular flexibility index (Phi) is 12.5. The second-order valence-corrected chi connectivity index (χ2v) is 26.1. The fraction of sp³-hybridized carbons (Fsp3) is 0. The van der Waals surface area contributed by atoms with Gasteiger partial charge in [-0.15, -0.1) is 22.7 Å². The highest BCUT2D eigenvalue weighted by Crippen LogP contribution is 2.48. The summed E-state index contributed by atoms with van der Waals surface area (Å²) >= 11 is 3.59. The molecule has 0 aliphatic heterocycles. The number of pyridine rings is 2. The van der Waals surface area contributed by atoms with E-state index in [1.165, 1.54) is 46.9 Å². The van der Waals surface area contributed by atoms with E-state index in [4.69, 9.17) is 18.8 Å². The smallest absolute Gasteiger partial charge is 0.159 e. The summed E-state index contributed by atoms with van der Waals surface area (Å²) < 4.78 is 18.4. The number of rotatable bonds is 11. The predicted octanol–water partition coefficient (Wildman–Crippen LogP) is 25.4. The quantitative estimate of drug-likeness (QED) is 0.129. The van der Waals surface area contributed by atoms with Crippen molar-refractivity contribution in [1.29, 1.82) is 0 Å². The van der Waals surface area contributed by atoms with Gasteiger partial charge in [-0.3, -0.25) is 9.97 Å². The lowest BCUT2D eigenvalue weighted by Crippen LogP contribution is -2.10. The SMILES string of the molecule is c1ccc(-c2ccc(N(c3ccc(-c4ccnc5c4sc4cccc(-c6ccc7c(c6)oc6cc(N(c8ccc(-c9ccc%10ccccc%10c9)cc8)c8ccc(-c9cccc%10c9sc9cccnc9%10)cc8)ccc67)c45)cc3)c3cccc4c3oc3ccccc34)cc2)cc1. The fourth-order valence-corrected chi connectivity index (χ4v) is 16.5. The van der Waals surface area contributed by atoms with Gasteiger partial charge in [-0.25, -0.2) is 0 Å². The zero-order valence-corrected chi connectivity index (χ0v) is 52.1. The van der Waals surface area contributed by atoms with Crippen molar-refractivity contribution in [1.82, 2.24) is 9.97 Å². The first-order chi connectivity index (χ1) is 46.6. The number of furan rings is 2. The van der Waals surface area contributed by atoms with Crippen LogP contribution in [0.3, 0.4) is 0 Å². The van der Waals surface area contributed by atoms with Gasteiger partial charge in [0.15, 0.2) is 5.58 Å². The number of fused-ring (bicyclic) bond motifs is 13. The third-order valence-electron chi connectivity index (χ3n) is 18.6. The first-order valence-corrected chi connectivity index (χ1v) is 33.2. The number of aromatic nitrogens is 2. The Labute approximate surface area is 548 Å². The monoisotopic (exact) mass is 1240 g/mol. The van der Waals surface area contributed by atoms with Gasteiger partial charge < -0.3 is 18.6 Å². The van der Waals surface area contributed by atoms with E-state index in [1.54, 1.807) is 22.7 Å². The highest BCUT2D eigenvalue weighted by Gasteiger charge is 2.23. The molecule has 0 aliphatic rings. The molecule has 13 aromatic carbocycles. The lowest BCUT2D eigenvalue weighted by atomic mass is 9.98. The third kappa shape index (κ3) is 8.98. The van der Waals surface area contributed by atoms with Crippen LogP contribution in [0, 0.1) is 0 Å². The van der Waals surface area contributed by atoms with Crippen molar-refractivity contribution in [2.24, 2.45) is 0 Å². The van der Waals surface area contributed by atoms with Gasteiger partial charge in [0.1, 0.15) is 16.7 Å². The van der Waals surface area contributed by atoms with E-state index in [0.717, 1.165) is 138 Å². The van der Waals surface area contributed by atoms with Crippen molar-refractivity contribution in [3.63, 3.8) is 0 Å². The maximum atomic E-state index is 6.98. The molecule has 0 fully saturated rings. The molecule has 6 aromatic heterocycles. The molecule has 6 nitrogen and oxygen atoms in total. The molecule has 0 bridgehead atoms. The van der Waals surface area contributed by atoms with Crippen LogP contribution in [0.5, 0.6) is 0 Å². The minimum absolute atomic E-state index is 0.816. The minimum atomic E-state index is 0.816. The third-order valence-corrected chi connectivity index (χ3v) is 21.0. The topological polar surface area (TPSA) is 58.5 Å². The number of hydrogen-bond donors (Lipinski definition) is 0. The number of thiophene rings is 2. The lowest BCUT2D eigenvalue weighted by molar-refractivity contribution is 0.668. The molecule has 8 heteroatoms. The Bertz CT molecular complexity index is 6170. The summed E-state index contributed by atoms with van der Waals surface area (Å²) in [6.07, 6.45) is 3.84. The molecule has 0 amide bonds. The number of hydrogen-bond acceptors (Lipinski definition) is 8. The van der Waals surface area contributed by atoms with Gasteiger partial charge in [-0.05, 0) is 176 Å². The fourth-order valence-electron chi connectivity index (χ4n) is 14.1. The molecular weight excluding hydrogens is 1190 g/mol. The summed E-state index contributed by atoms with van der Waals surface area (Å²) in [7, 11) is 0. The summed E-state index contributed by atoms with van der Waals surface area (Å²) in [4.78, 5) is 14.5. The van der Waals surface area contributed by atoms with Crippen molar-refractivity contribution < 1.29 is 8.83 Å². The van der Waals surface area contributed by atoms with Crippen LogP contribution in [0.25, 0.3) is 151 Å². The molecule has 94 heavy (non-hydrogen) atoms. The van der Waals surface area contributed by atoms with Crippen LogP contribution in [-0.4, -0.2) is 9.97 Å². The lowest BCUT2D eigenvalue weighted by Gasteiger charge is -2.26. The maximum Gasteiger partial charge on any atom is 0.159 e. The van der Waals surface area contributed by atoms with Crippen LogP contribution in [-0.2, 0) is 0 Å². The summed E-state index contributed by atoms with van der Waals surface area (Å²) in [5, 5.41) is 9.08. The van der Waals surface area contributed by atoms with E-state index >= 15 is 0 Å². The maximum absolute atomic E-state index is 6.98. The van der Waals surface area contributed by atoms with Gasteiger partial charge in [0.05, 0.1) is 26.1 Å². The van der Waals surface area contributed by atoms with E-state index < -0.39 is 0 Å². The predicted molar refractivity (Wildman–Crippen MR) is 396 cm³/mol. The highest BCUT2D eigenvalue weighted by atomic mass is 32.1. The molecule has 0 aliphatic carbocycles. The molecule has 0 atom stereocenters. The highest BCUT2D eigenvalue weighted by molar-refractivity contribution is 7.26. The van der Waals surface area contributed by atoms with E-state index in [0.29, 0.717) is 0 Å². The van der Waals surface area contributed by atoms with Gasteiger partial charge in [0.2, 0.25) is 0 Å². The average molecular weight is 1240 g/mol. The summed E-state index contributed by atoms with van der Waals surface area (Å²) in [5.41, 5.74) is 23.0. The Hall–Kier alpha value is -11.9. The molecule has 0 saturated heterocycles. The van der Waals surface area contributed by atoms with Crippen LogP contribution in [0.15, 0.2) is 325 Å². The molecular formula is C86H52N4O2S2. The van der Waals surface area contributed by atoms with Gasteiger partial charge in [-0.1, -0.05) is 182 Å². The second kappa shape index (κ2) is 21.9. The molecule has 0 unspecified atom stereocenters. The van der Waals surface area contributed by atoms with Crippen molar-refractivity contribution in [2.75, 3.05) is 9.80 Å². The van der Waals surface area contributed by atoms with Gasteiger partial charge in [-0.2, -0.15) is 0 Å². The Balaban J connectivity index is 0.670. The molecule has 0 N–H and O–H groups in total. The summed E-state index contributed by atoms with van der Waals surface area (Å²) in [6, 6.07) is 109. The van der Waals surface area contributed by atoms with Crippen LogP contribution < -0.4 is 9.80 Å². The standard InChI is InChI=1S/C86H52N4O2S2/c1-2-12-53(13-3-1)55-27-38-64(39-28-55)90(75-21-9-19-73-70-16-6-7-22-76(70)92-84(73)75)65-42-33-58(34-43-65)69-47-49-88-83-81-67(17-10-23-79(81)93-86(69)83)61-35-45-71-72-46-44-66(52-78(72)91-77(71)51-61)89(62-36-29-56(30-37-62)60-26-25-54-14-4-5-15-59(54)50-60)63-40-31-57(32-41-63)68-18-8-20-74-82-80(94-85(68)74)24-11-48-87-82/h1-52H. The van der Waals surface area contributed by atoms with Crippen molar-refractivity contribution in [3.05, 3.63) is 316 Å². The molecule has 440 valence electrons. The Morgan fingerprint density at radius 2 is 0.819 bits per heavy atom. The molecule has 19 aromatic rings. The van der Waals surface area contributed by atoms with Crippen molar-refractivity contribution >= 4 is 152 Å². The van der Waals surface area contributed by atoms with Crippen molar-refractivity contribution in [2.45, 2.75) is 0 Å². The second-order valence-electron chi connectivity index (χ2n) is 24.0. The number of benzene rings is 13. The van der Waals surface area contributed by atoms with Crippen LogP contribution in [0.2, 0.25) is 0 Å². The molecule has 0 spiro atoms. The van der Waals surface area contributed by atoms with Gasteiger partial charge in [0, 0.05) is 94.2 Å². The molecule has 0 radical (unpaired) electrons. The van der Waals surface area contributed by atoms with E-state index in [2.05, 4.69) is 295 Å². The summed E-state index contributed by atoms with van der Waals surface area (Å²) in [5.74, 6) is 0. The molecule has 19 rings (SSSR count). The van der Waals surface area contributed by atoms with E-state index in [-0.39, 0.29) is 0 Å². The normalized spacial score (nSPS) is 11.8. The first kappa shape index (κ1) is 53.9. The zero-order chi connectivity index (χ0) is 61.8. The van der Waals surface area contributed by atoms with Crippen LogP contribution in [0.1, 0.15) is 0 Å². The number of para-hydroxylation sites is 2. The van der Waals surface area contributed by atoms with E-state index in [1.807, 2.05) is 30.6 Å². The summed E-state index contributed by atoms with van der Waals surface area (Å²) in [6.45, 7) is 0. The van der Waals surface area contributed by atoms with Crippen LogP contribution in [0.4, 0.5) is 34.1 Å². The van der Waals surface area contributed by atoms with Crippen LogP contribution >= 0.6 is 22.7 Å². The van der Waals surface area contributed by atoms with Gasteiger partial charge in [0.25, 0.3) is 0 Å². The first-order valence-electron chi connectivity index (χ1n) is 31.6.